The van der Waals surface area contributed by atoms with Crippen LogP contribution in [0.15, 0.2) is 22.7 Å². The first-order chi connectivity index (χ1) is 8.71. The zero-order chi connectivity index (χ0) is 12.6. The molecule has 2 aliphatic rings. The Morgan fingerprint density at radius 2 is 2.06 bits per heavy atom. The maximum Gasteiger partial charge on any atom is 0.0588 e. The van der Waals surface area contributed by atoms with Gasteiger partial charge in [-0.05, 0) is 49.8 Å². The van der Waals surface area contributed by atoms with Crippen molar-refractivity contribution in [2.45, 2.75) is 44.6 Å². The maximum atomic E-state index is 3.80. The third-order valence-electron chi connectivity index (χ3n) is 4.64. The van der Waals surface area contributed by atoms with E-state index < -0.39 is 0 Å². The van der Waals surface area contributed by atoms with Crippen LogP contribution in [0.4, 0.5) is 11.4 Å². The number of halogens is 1. The van der Waals surface area contributed by atoms with E-state index in [-0.39, 0.29) is 0 Å². The molecule has 2 nitrogen and oxygen atoms in total. The molecule has 1 fully saturated rings. The highest BCUT2D eigenvalue weighted by atomic mass is 79.9. The van der Waals surface area contributed by atoms with Crippen LogP contribution in [-0.2, 0) is 0 Å². The molecular weight excluding hydrogens is 288 g/mol. The van der Waals surface area contributed by atoms with Gasteiger partial charge in [0.05, 0.1) is 16.9 Å². The van der Waals surface area contributed by atoms with Gasteiger partial charge in [-0.2, -0.15) is 0 Å². The van der Waals surface area contributed by atoms with Crippen LogP contribution in [-0.4, -0.2) is 12.1 Å². The zero-order valence-electron chi connectivity index (χ0n) is 10.9. The van der Waals surface area contributed by atoms with E-state index in [4.69, 9.17) is 0 Å². The highest BCUT2D eigenvalue weighted by molar-refractivity contribution is 9.10. The first kappa shape index (κ1) is 12.3. The van der Waals surface area contributed by atoms with Gasteiger partial charge in [0, 0.05) is 11.0 Å². The van der Waals surface area contributed by atoms with E-state index in [0.29, 0.717) is 5.54 Å². The van der Waals surface area contributed by atoms with Crippen LogP contribution in [0.25, 0.3) is 0 Å². The van der Waals surface area contributed by atoms with Crippen molar-refractivity contribution < 1.29 is 0 Å². The van der Waals surface area contributed by atoms with E-state index >= 15 is 0 Å². The highest BCUT2D eigenvalue weighted by Crippen LogP contribution is 2.41. The lowest BCUT2D eigenvalue weighted by Crippen LogP contribution is -2.50. The van der Waals surface area contributed by atoms with Crippen LogP contribution in [0.1, 0.15) is 39.0 Å². The summed E-state index contributed by atoms with van der Waals surface area (Å²) in [5.41, 5.74) is 2.79. The molecule has 1 saturated carbocycles. The molecular formula is C15H21BrN2. The van der Waals surface area contributed by atoms with Gasteiger partial charge in [0.25, 0.3) is 0 Å². The van der Waals surface area contributed by atoms with Gasteiger partial charge in [0.15, 0.2) is 0 Å². The lowest BCUT2D eigenvalue weighted by Gasteiger charge is -2.45. The first-order valence-corrected chi connectivity index (χ1v) is 7.82. The normalized spacial score (nSPS) is 30.4. The zero-order valence-corrected chi connectivity index (χ0v) is 12.5. The second-order valence-electron chi connectivity index (χ2n) is 5.80. The molecule has 0 saturated heterocycles. The molecule has 3 rings (SSSR count). The summed E-state index contributed by atoms with van der Waals surface area (Å²) in [6.07, 6.45) is 6.68. The summed E-state index contributed by atoms with van der Waals surface area (Å²) in [6.45, 7) is 3.38. The molecule has 0 amide bonds. The van der Waals surface area contributed by atoms with Crippen molar-refractivity contribution in [2.24, 2.45) is 5.92 Å². The van der Waals surface area contributed by atoms with Crippen molar-refractivity contribution in [3.63, 3.8) is 0 Å². The molecule has 1 heterocycles. The van der Waals surface area contributed by atoms with Gasteiger partial charge in [-0.3, -0.25) is 0 Å². The van der Waals surface area contributed by atoms with Crippen LogP contribution < -0.4 is 10.6 Å². The molecule has 0 radical (unpaired) electrons. The van der Waals surface area contributed by atoms with Gasteiger partial charge in [0.2, 0.25) is 0 Å². The molecule has 1 spiro atoms. The Labute approximate surface area is 118 Å². The molecule has 1 aliphatic carbocycles. The Bertz CT molecular complexity index is 436. The summed E-state index contributed by atoms with van der Waals surface area (Å²) in [5, 5.41) is 7.41. The maximum absolute atomic E-state index is 3.80. The Balaban J connectivity index is 1.76. The predicted octanol–water partition coefficient (Wildman–Crippen LogP) is 4.63. The second kappa shape index (κ2) is 4.76. The Hall–Kier alpha value is -0.700. The third kappa shape index (κ3) is 2.25. The molecule has 2 N–H and O–H groups in total. The standard InChI is InChI=1S/C15H21BrN2/c1-2-11-5-7-15(8-6-11)10-17-14-9-12(16)3-4-13(14)18-15/h3-4,9,11,17-18H,2,5-8,10H2,1H3. The number of nitrogens with one attached hydrogen (secondary N) is 2. The van der Waals surface area contributed by atoms with E-state index in [1.807, 2.05) is 0 Å². The summed E-state index contributed by atoms with van der Waals surface area (Å²) in [4.78, 5) is 0. The van der Waals surface area contributed by atoms with Crippen LogP contribution in [0, 0.1) is 5.92 Å². The van der Waals surface area contributed by atoms with Crippen molar-refractivity contribution in [1.29, 1.82) is 0 Å². The quantitative estimate of drug-likeness (QED) is 0.790. The van der Waals surface area contributed by atoms with Crippen molar-refractivity contribution >= 4 is 27.3 Å². The highest BCUT2D eigenvalue weighted by Gasteiger charge is 2.37. The van der Waals surface area contributed by atoms with Gasteiger partial charge in [0.1, 0.15) is 0 Å². The fourth-order valence-electron chi connectivity index (χ4n) is 3.31. The monoisotopic (exact) mass is 308 g/mol. The Kier molecular flexibility index (Phi) is 3.27. The van der Waals surface area contributed by atoms with Gasteiger partial charge < -0.3 is 10.6 Å². The average molecular weight is 309 g/mol. The summed E-state index contributed by atoms with van der Waals surface area (Å²) in [6, 6.07) is 6.45. The topological polar surface area (TPSA) is 24.1 Å². The van der Waals surface area contributed by atoms with Crippen LogP contribution in [0.3, 0.4) is 0 Å². The van der Waals surface area contributed by atoms with Crippen molar-refractivity contribution in [3.8, 4) is 0 Å². The number of hydrogen-bond acceptors (Lipinski definition) is 2. The number of hydrogen-bond donors (Lipinski definition) is 2. The van der Waals surface area contributed by atoms with Gasteiger partial charge in [-0.1, -0.05) is 29.3 Å². The number of fused-ring (bicyclic) bond motifs is 1. The summed E-state index contributed by atoms with van der Waals surface area (Å²) >= 11 is 3.53. The van der Waals surface area contributed by atoms with E-state index in [1.165, 1.54) is 43.5 Å². The summed E-state index contributed by atoms with van der Waals surface area (Å²) in [7, 11) is 0. The van der Waals surface area contributed by atoms with E-state index in [9.17, 15) is 0 Å². The number of rotatable bonds is 1. The molecule has 1 aromatic rings. The lowest BCUT2D eigenvalue weighted by atomic mass is 9.74. The molecule has 1 aliphatic heterocycles. The fourth-order valence-corrected chi connectivity index (χ4v) is 3.67. The SMILES string of the molecule is CCC1CCC2(CC1)CNc1cc(Br)ccc1N2. The molecule has 3 heteroatoms. The smallest absolute Gasteiger partial charge is 0.0588 e. The van der Waals surface area contributed by atoms with E-state index in [2.05, 4.69) is 51.7 Å². The van der Waals surface area contributed by atoms with Gasteiger partial charge in [-0.25, -0.2) is 0 Å². The second-order valence-corrected chi connectivity index (χ2v) is 6.72. The van der Waals surface area contributed by atoms with Gasteiger partial charge >= 0.3 is 0 Å². The van der Waals surface area contributed by atoms with Crippen molar-refractivity contribution in [1.82, 2.24) is 0 Å². The van der Waals surface area contributed by atoms with Crippen LogP contribution >= 0.6 is 15.9 Å². The fraction of sp³-hybridized carbons (Fsp3) is 0.600. The lowest BCUT2D eigenvalue weighted by molar-refractivity contribution is 0.255. The predicted molar refractivity (Wildman–Crippen MR) is 81.2 cm³/mol. The molecule has 0 unspecified atom stereocenters. The average Bonchev–Trinajstić information content (AvgIpc) is 2.40. The molecule has 0 bridgehead atoms. The molecule has 1 aromatic carbocycles. The Morgan fingerprint density at radius 3 is 2.78 bits per heavy atom. The minimum absolute atomic E-state index is 0.298. The largest absolute Gasteiger partial charge is 0.381 e. The van der Waals surface area contributed by atoms with Gasteiger partial charge in [-0.15, -0.1) is 0 Å². The summed E-state index contributed by atoms with van der Waals surface area (Å²) < 4.78 is 1.14. The van der Waals surface area contributed by atoms with Crippen molar-refractivity contribution in [3.05, 3.63) is 22.7 Å². The molecule has 0 atom stereocenters. The van der Waals surface area contributed by atoms with E-state index in [0.717, 1.165) is 16.9 Å². The van der Waals surface area contributed by atoms with Crippen molar-refractivity contribution in [2.75, 3.05) is 17.2 Å². The number of benzene rings is 1. The summed E-state index contributed by atoms with van der Waals surface area (Å²) in [5.74, 6) is 0.948. The molecule has 18 heavy (non-hydrogen) atoms. The Morgan fingerprint density at radius 1 is 1.28 bits per heavy atom. The van der Waals surface area contributed by atoms with Crippen LogP contribution in [0.2, 0.25) is 0 Å². The molecule has 98 valence electrons. The van der Waals surface area contributed by atoms with E-state index in [1.54, 1.807) is 0 Å². The first-order valence-electron chi connectivity index (χ1n) is 7.02. The molecule has 0 aromatic heterocycles. The third-order valence-corrected chi connectivity index (χ3v) is 5.13. The number of anilines is 2. The van der Waals surface area contributed by atoms with Crippen LogP contribution in [0.5, 0.6) is 0 Å². The minimum Gasteiger partial charge on any atom is -0.381 e. The minimum atomic E-state index is 0.298.